The van der Waals surface area contributed by atoms with E-state index in [-0.39, 0.29) is 18.7 Å². The van der Waals surface area contributed by atoms with E-state index in [1.807, 2.05) is 6.07 Å². The lowest BCUT2D eigenvalue weighted by atomic mass is 10.0. The number of piperidine rings is 1. The number of aromatic amines is 1. The van der Waals surface area contributed by atoms with Gasteiger partial charge in [0.25, 0.3) is 0 Å². The Balaban J connectivity index is 1.87. The van der Waals surface area contributed by atoms with Crippen molar-refractivity contribution in [3.8, 4) is 0 Å². The average molecular weight is 358 g/mol. The van der Waals surface area contributed by atoms with Crippen molar-refractivity contribution in [2.45, 2.75) is 18.9 Å². The predicted molar refractivity (Wildman–Crippen MR) is 96.8 cm³/mol. The highest BCUT2D eigenvalue weighted by Crippen LogP contribution is 2.28. The quantitative estimate of drug-likeness (QED) is 0.465. The van der Waals surface area contributed by atoms with Gasteiger partial charge in [0.05, 0.1) is 5.69 Å². The highest BCUT2D eigenvalue weighted by Gasteiger charge is 2.25. The highest BCUT2D eigenvalue weighted by molar-refractivity contribution is 6.04. The number of hydrogen-bond acceptors (Lipinski definition) is 6. The Kier molecular flexibility index (Phi) is 5.52. The minimum atomic E-state index is -0.514. The number of aromatic nitrogens is 2. The van der Waals surface area contributed by atoms with E-state index < -0.39 is 5.97 Å². The molecule has 1 amide bonds. The van der Waals surface area contributed by atoms with Gasteiger partial charge in [0.2, 0.25) is 5.91 Å². The van der Waals surface area contributed by atoms with Gasteiger partial charge in [-0.25, -0.2) is 9.78 Å². The molecule has 3 heterocycles. The Labute approximate surface area is 151 Å². The SMILES string of the molecule is C=CC(=O)N1CCC[C@@H](Nc2c(C(=O)OCOC)cnc3[nH]ccc23)C1. The Morgan fingerprint density at radius 1 is 1.54 bits per heavy atom. The van der Waals surface area contributed by atoms with E-state index in [1.165, 1.54) is 19.4 Å². The van der Waals surface area contributed by atoms with Crippen molar-refractivity contribution in [3.63, 3.8) is 0 Å². The summed E-state index contributed by atoms with van der Waals surface area (Å²) in [5.74, 6) is -0.600. The summed E-state index contributed by atoms with van der Waals surface area (Å²) < 4.78 is 9.89. The van der Waals surface area contributed by atoms with Crippen molar-refractivity contribution >= 4 is 28.6 Å². The second-order valence-corrected chi connectivity index (χ2v) is 6.10. The molecule has 3 rings (SSSR count). The normalized spacial score (nSPS) is 17.1. The number of nitrogens with one attached hydrogen (secondary N) is 2. The third-order valence-electron chi connectivity index (χ3n) is 4.37. The van der Waals surface area contributed by atoms with Crippen molar-refractivity contribution in [1.29, 1.82) is 0 Å². The van der Waals surface area contributed by atoms with Crippen LogP contribution in [0.15, 0.2) is 31.1 Å². The van der Waals surface area contributed by atoms with Gasteiger partial charge in [-0.15, -0.1) is 0 Å². The van der Waals surface area contributed by atoms with Crippen molar-refractivity contribution in [2.24, 2.45) is 0 Å². The molecule has 0 spiro atoms. The van der Waals surface area contributed by atoms with Crippen LogP contribution in [0.2, 0.25) is 0 Å². The average Bonchev–Trinajstić information content (AvgIpc) is 3.15. The van der Waals surface area contributed by atoms with Gasteiger partial charge in [0.1, 0.15) is 11.2 Å². The van der Waals surface area contributed by atoms with Crippen molar-refractivity contribution in [3.05, 3.63) is 36.7 Å². The number of ether oxygens (including phenoxy) is 2. The zero-order chi connectivity index (χ0) is 18.5. The number of fused-ring (bicyclic) bond motifs is 1. The van der Waals surface area contributed by atoms with Gasteiger partial charge in [-0.05, 0) is 25.0 Å². The van der Waals surface area contributed by atoms with Gasteiger partial charge < -0.3 is 24.7 Å². The molecule has 2 aromatic rings. The molecule has 0 aliphatic carbocycles. The van der Waals surface area contributed by atoms with Gasteiger partial charge in [0, 0.05) is 44.0 Å². The Hall–Kier alpha value is -2.87. The number of hydrogen-bond donors (Lipinski definition) is 2. The number of likely N-dealkylation sites (tertiary alicyclic amines) is 1. The number of nitrogens with zero attached hydrogens (tertiary/aromatic N) is 2. The number of pyridine rings is 1. The molecule has 1 fully saturated rings. The number of H-pyrrole nitrogens is 1. The van der Waals surface area contributed by atoms with E-state index in [2.05, 4.69) is 21.9 Å². The fraction of sp³-hybridized carbons (Fsp3) is 0.389. The second-order valence-electron chi connectivity index (χ2n) is 6.10. The minimum Gasteiger partial charge on any atom is -0.435 e. The van der Waals surface area contributed by atoms with Crippen molar-refractivity contribution in [2.75, 3.05) is 32.3 Å². The number of anilines is 1. The Bertz CT molecular complexity index is 817. The number of carbonyl (C=O) groups excluding carboxylic acids is 2. The van der Waals surface area contributed by atoms with Crippen LogP contribution in [-0.4, -0.2) is 59.8 Å². The van der Waals surface area contributed by atoms with Gasteiger partial charge in [-0.3, -0.25) is 4.79 Å². The molecule has 1 saturated heterocycles. The molecule has 1 aliphatic heterocycles. The summed E-state index contributed by atoms with van der Waals surface area (Å²) in [4.78, 5) is 33.3. The van der Waals surface area contributed by atoms with Crippen LogP contribution in [0.1, 0.15) is 23.2 Å². The predicted octanol–water partition coefficient (Wildman–Crippen LogP) is 1.91. The molecular formula is C18H22N4O4. The highest BCUT2D eigenvalue weighted by atomic mass is 16.7. The van der Waals surface area contributed by atoms with E-state index in [1.54, 1.807) is 11.1 Å². The van der Waals surface area contributed by atoms with Gasteiger partial charge >= 0.3 is 5.97 Å². The largest absolute Gasteiger partial charge is 0.435 e. The molecule has 0 saturated carbocycles. The lowest BCUT2D eigenvalue weighted by Gasteiger charge is -2.33. The zero-order valence-corrected chi connectivity index (χ0v) is 14.7. The first kappa shape index (κ1) is 17.9. The van der Waals surface area contributed by atoms with Crippen LogP contribution in [0, 0.1) is 0 Å². The van der Waals surface area contributed by atoms with Crippen molar-refractivity contribution in [1.82, 2.24) is 14.9 Å². The van der Waals surface area contributed by atoms with Gasteiger partial charge in [0.15, 0.2) is 6.79 Å². The lowest BCUT2D eigenvalue weighted by molar-refractivity contribution is -0.127. The molecule has 0 unspecified atom stereocenters. The number of amides is 1. The molecule has 0 bridgehead atoms. The molecule has 0 radical (unpaired) electrons. The molecule has 8 heteroatoms. The number of rotatable bonds is 6. The third kappa shape index (κ3) is 3.70. The van der Waals surface area contributed by atoms with Crippen LogP contribution in [0.3, 0.4) is 0 Å². The molecule has 1 atom stereocenters. The minimum absolute atomic E-state index is 0.0159. The molecule has 1 aliphatic rings. The van der Waals surface area contributed by atoms with E-state index in [0.29, 0.717) is 30.0 Å². The van der Waals surface area contributed by atoms with Crippen molar-refractivity contribution < 1.29 is 19.1 Å². The Morgan fingerprint density at radius 2 is 2.38 bits per heavy atom. The number of methoxy groups -OCH3 is 1. The van der Waals surface area contributed by atoms with Crippen LogP contribution < -0.4 is 5.32 Å². The first-order valence-electron chi connectivity index (χ1n) is 8.44. The third-order valence-corrected chi connectivity index (χ3v) is 4.37. The smallest absolute Gasteiger partial charge is 0.343 e. The molecule has 8 nitrogen and oxygen atoms in total. The summed E-state index contributed by atoms with van der Waals surface area (Å²) in [6.07, 6.45) is 6.34. The summed E-state index contributed by atoms with van der Waals surface area (Å²) in [6, 6.07) is 1.87. The fourth-order valence-corrected chi connectivity index (χ4v) is 3.14. The van der Waals surface area contributed by atoms with E-state index in [4.69, 9.17) is 9.47 Å². The van der Waals surface area contributed by atoms with Crippen LogP contribution >= 0.6 is 0 Å². The maximum absolute atomic E-state index is 12.4. The monoisotopic (exact) mass is 358 g/mol. The van der Waals surface area contributed by atoms with E-state index in [0.717, 1.165) is 18.2 Å². The molecular weight excluding hydrogens is 336 g/mol. The summed E-state index contributed by atoms with van der Waals surface area (Å²) in [5, 5.41) is 4.21. The fourth-order valence-electron chi connectivity index (χ4n) is 3.14. The topological polar surface area (TPSA) is 96.6 Å². The van der Waals surface area contributed by atoms with Gasteiger partial charge in [-0.2, -0.15) is 0 Å². The Morgan fingerprint density at radius 3 is 3.15 bits per heavy atom. The maximum Gasteiger partial charge on any atom is 0.343 e. The summed E-state index contributed by atoms with van der Waals surface area (Å²) in [7, 11) is 1.45. The van der Waals surface area contributed by atoms with E-state index >= 15 is 0 Å². The number of carbonyl (C=O) groups is 2. The molecule has 26 heavy (non-hydrogen) atoms. The molecule has 138 valence electrons. The lowest BCUT2D eigenvalue weighted by Crippen LogP contribution is -2.44. The second kappa shape index (κ2) is 8.01. The molecule has 2 aromatic heterocycles. The standard InChI is InChI=1S/C18H22N4O4/c1-3-15(23)22-8-4-5-12(10-22)21-16-13-6-7-19-17(13)20-9-14(16)18(24)26-11-25-2/h3,6-7,9,12H,1,4-5,8,10-11H2,2H3,(H2,19,20,21)/t12-/m1/s1. The molecule has 2 N–H and O–H groups in total. The summed E-state index contributed by atoms with van der Waals surface area (Å²) in [5.41, 5.74) is 1.65. The van der Waals surface area contributed by atoms with Crippen LogP contribution in [0.25, 0.3) is 11.0 Å². The van der Waals surface area contributed by atoms with Crippen LogP contribution in [-0.2, 0) is 14.3 Å². The first-order chi connectivity index (χ1) is 12.6. The zero-order valence-electron chi connectivity index (χ0n) is 14.7. The van der Waals surface area contributed by atoms with E-state index in [9.17, 15) is 9.59 Å². The summed E-state index contributed by atoms with van der Waals surface area (Å²) >= 11 is 0. The van der Waals surface area contributed by atoms with Gasteiger partial charge in [-0.1, -0.05) is 6.58 Å². The summed E-state index contributed by atoms with van der Waals surface area (Å²) in [6.45, 7) is 4.67. The van der Waals surface area contributed by atoms with Crippen LogP contribution in [0.4, 0.5) is 5.69 Å². The first-order valence-corrected chi connectivity index (χ1v) is 8.44. The molecule has 0 aromatic carbocycles. The maximum atomic E-state index is 12.4. The van der Waals surface area contributed by atoms with Crippen LogP contribution in [0.5, 0.6) is 0 Å². The number of esters is 1.